The van der Waals surface area contributed by atoms with Crippen LogP contribution >= 0.6 is 0 Å². The SMILES string of the molecule is CN(Cc1ccoc1)C(=O)c1cccc(CCN)c1. The number of nitrogens with zero attached hydrogens (tertiary/aromatic N) is 1. The summed E-state index contributed by atoms with van der Waals surface area (Å²) in [6.45, 7) is 1.12. The van der Waals surface area contributed by atoms with E-state index in [0.717, 1.165) is 17.5 Å². The van der Waals surface area contributed by atoms with Gasteiger partial charge in [-0.25, -0.2) is 0 Å². The molecule has 1 aromatic heterocycles. The molecule has 0 aliphatic rings. The van der Waals surface area contributed by atoms with Crippen molar-refractivity contribution in [1.29, 1.82) is 0 Å². The second-order valence-electron chi connectivity index (χ2n) is 4.53. The molecule has 1 heterocycles. The zero-order chi connectivity index (χ0) is 13.7. The van der Waals surface area contributed by atoms with Crippen LogP contribution in [0.3, 0.4) is 0 Å². The Morgan fingerprint density at radius 3 is 2.84 bits per heavy atom. The largest absolute Gasteiger partial charge is 0.472 e. The van der Waals surface area contributed by atoms with E-state index in [4.69, 9.17) is 10.2 Å². The van der Waals surface area contributed by atoms with Gasteiger partial charge in [0, 0.05) is 24.7 Å². The van der Waals surface area contributed by atoms with Gasteiger partial charge in [0.2, 0.25) is 0 Å². The number of furan rings is 1. The van der Waals surface area contributed by atoms with Gasteiger partial charge in [-0.3, -0.25) is 4.79 Å². The third kappa shape index (κ3) is 3.45. The summed E-state index contributed by atoms with van der Waals surface area (Å²) < 4.78 is 5.00. The summed E-state index contributed by atoms with van der Waals surface area (Å²) in [6.07, 6.45) is 4.04. The summed E-state index contributed by atoms with van der Waals surface area (Å²) in [5.41, 5.74) is 8.29. The number of hydrogen-bond donors (Lipinski definition) is 1. The van der Waals surface area contributed by atoms with Crippen molar-refractivity contribution in [2.24, 2.45) is 5.73 Å². The fraction of sp³-hybridized carbons (Fsp3) is 0.267. The summed E-state index contributed by atoms with van der Waals surface area (Å²) in [4.78, 5) is 14.0. The summed E-state index contributed by atoms with van der Waals surface area (Å²) in [5, 5.41) is 0. The van der Waals surface area contributed by atoms with E-state index in [0.29, 0.717) is 18.7 Å². The maximum atomic E-state index is 12.3. The zero-order valence-electron chi connectivity index (χ0n) is 11.0. The first-order chi connectivity index (χ1) is 9.20. The number of rotatable bonds is 5. The van der Waals surface area contributed by atoms with Crippen molar-refractivity contribution in [3.63, 3.8) is 0 Å². The second-order valence-corrected chi connectivity index (χ2v) is 4.53. The van der Waals surface area contributed by atoms with Crippen LogP contribution in [0.4, 0.5) is 0 Å². The summed E-state index contributed by atoms with van der Waals surface area (Å²) in [7, 11) is 1.78. The van der Waals surface area contributed by atoms with Crippen LogP contribution < -0.4 is 5.73 Å². The highest BCUT2D eigenvalue weighted by molar-refractivity contribution is 5.94. The molecule has 0 saturated carbocycles. The van der Waals surface area contributed by atoms with Crippen molar-refractivity contribution >= 4 is 5.91 Å². The highest BCUT2D eigenvalue weighted by Gasteiger charge is 2.12. The molecular weight excluding hydrogens is 240 g/mol. The Kier molecular flexibility index (Phi) is 4.36. The number of hydrogen-bond acceptors (Lipinski definition) is 3. The van der Waals surface area contributed by atoms with Crippen LogP contribution in [0.1, 0.15) is 21.5 Å². The molecule has 4 nitrogen and oxygen atoms in total. The van der Waals surface area contributed by atoms with Crippen molar-refractivity contribution < 1.29 is 9.21 Å². The Balaban J connectivity index is 2.08. The lowest BCUT2D eigenvalue weighted by molar-refractivity contribution is 0.0785. The van der Waals surface area contributed by atoms with Gasteiger partial charge in [0.15, 0.2) is 0 Å². The van der Waals surface area contributed by atoms with Gasteiger partial charge in [0.1, 0.15) is 0 Å². The minimum atomic E-state index is 0.0000661. The molecular formula is C15H18N2O2. The lowest BCUT2D eigenvalue weighted by atomic mass is 10.1. The minimum absolute atomic E-state index is 0.0000661. The first kappa shape index (κ1) is 13.4. The van der Waals surface area contributed by atoms with Gasteiger partial charge in [-0.2, -0.15) is 0 Å². The first-order valence-corrected chi connectivity index (χ1v) is 6.26. The number of benzene rings is 1. The molecule has 0 atom stereocenters. The molecule has 0 aliphatic carbocycles. The average Bonchev–Trinajstić information content (AvgIpc) is 2.91. The first-order valence-electron chi connectivity index (χ1n) is 6.26. The molecule has 0 aliphatic heterocycles. The predicted octanol–water partition coefficient (Wildman–Crippen LogP) is 2.05. The molecule has 0 radical (unpaired) electrons. The van der Waals surface area contributed by atoms with Gasteiger partial charge in [-0.1, -0.05) is 12.1 Å². The van der Waals surface area contributed by atoms with Crippen LogP contribution in [0.25, 0.3) is 0 Å². The summed E-state index contributed by atoms with van der Waals surface area (Å²) in [5.74, 6) is 0.0000661. The number of amides is 1. The van der Waals surface area contributed by atoms with E-state index >= 15 is 0 Å². The van der Waals surface area contributed by atoms with E-state index in [2.05, 4.69) is 0 Å². The third-order valence-corrected chi connectivity index (χ3v) is 2.95. The lowest BCUT2D eigenvalue weighted by Crippen LogP contribution is -2.26. The molecule has 0 bridgehead atoms. The van der Waals surface area contributed by atoms with Gasteiger partial charge >= 0.3 is 0 Å². The van der Waals surface area contributed by atoms with E-state index in [-0.39, 0.29) is 5.91 Å². The molecule has 1 aromatic carbocycles. The standard InChI is InChI=1S/C15H18N2O2/c1-17(10-13-6-8-19-11-13)15(18)14-4-2-3-12(9-14)5-7-16/h2-4,6,8-9,11H,5,7,10,16H2,1H3. The highest BCUT2D eigenvalue weighted by Crippen LogP contribution is 2.11. The zero-order valence-corrected chi connectivity index (χ0v) is 11.0. The average molecular weight is 258 g/mol. The molecule has 0 unspecified atom stereocenters. The number of carbonyl (C=O) groups is 1. The smallest absolute Gasteiger partial charge is 0.253 e. The Morgan fingerprint density at radius 2 is 2.16 bits per heavy atom. The fourth-order valence-corrected chi connectivity index (χ4v) is 1.98. The van der Waals surface area contributed by atoms with Gasteiger partial charge in [-0.15, -0.1) is 0 Å². The second kappa shape index (κ2) is 6.20. The maximum absolute atomic E-state index is 12.3. The Hall–Kier alpha value is -2.07. The molecule has 0 saturated heterocycles. The van der Waals surface area contributed by atoms with E-state index < -0.39 is 0 Å². The van der Waals surface area contributed by atoms with Crippen molar-refractivity contribution in [2.75, 3.05) is 13.6 Å². The van der Waals surface area contributed by atoms with Crippen molar-refractivity contribution in [2.45, 2.75) is 13.0 Å². The molecule has 2 rings (SSSR count). The van der Waals surface area contributed by atoms with Crippen LogP contribution in [-0.2, 0) is 13.0 Å². The molecule has 4 heteroatoms. The van der Waals surface area contributed by atoms with Gasteiger partial charge in [0.05, 0.1) is 12.5 Å². The Morgan fingerprint density at radius 1 is 1.32 bits per heavy atom. The number of carbonyl (C=O) groups excluding carboxylic acids is 1. The molecule has 2 aromatic rings. The maximum Gasteiger partial charge on any atom is 0.253 e. The molecule has 0 fully saturated rings. The quantitative estimate of drug-likeness (QED) is 0.893. The molecule has 2 N–H and O–H groups in total. The predicted molar refractivity (Wildman–Crippen MR) is 73.7 cm³/mol. The van der Waals surface area contributed by atoms with Crippen LogP contribution in [0.15, 0.2) is 47.3 Å². The van der Waals surface area contributed by atoms with E-state index in [1.54, 1.807) is 24.5 Å². The van der Waals surface area contributed by atoms with Gasteiger partial charge in [-0.05, 0) is 36.7 Å². The normalized spacial score (nSPS) is 10.4. The van der Waals surface area contributed by atoms with E-state index in [9.17, 15) is 4.79 Å². The molecule has 0 spiro atoms. The fourth-order valence-electron chi connectivity index (χ4n) is 1.98. The van der Waals surface area contributed by atoms with Crippen molar-refractivity contribution in [3.8, 4) is 0 Å². The monoisotopic (exact) mass is 258 g/mol. The van der Waals surface area contributed by atoms with E-state index in [1.165, 1.54) is 0 Å². The van der Waals surface area contributed by atoms with Crippen LogP contribution in [-0.4, -0.2) is 24.4 Å². The molecule has 100 valence electrons. The van der Waals surface area contributed by atoms with Crippen LogP contribution in [0.5, 0.6) is 0 Å². The van der Waals surface area contributed by atoms with Gasteiger partial charge in [0.25, 0.3) is 5.91 Å². The van der Waals surface area contributed by atoms with Gasteiger partial charge < -0.3 is 15.1 Å². The summed E-state index contributed by atoms with van der Waals surface area (Å²) >= 11 is 0. The van der Waals surface area contributed by atoms with Crippen LogP contribution in [0, 0.1) is 0 Å². The number of nitrogens with two attached hydrogens (primary N) is 1. The third-order valence-electron chi connectivity index (χ3n) is 2.95. The minimum Gasteiger partial charge on any atom is -0.472 e. The lowest BCUT2D eigenvalue weighted by Gasteiger charge is -2.16. The molecule has 19 heavy (non-hydrogen) atoms. The van der Waals surface area contributed by atoms with Crippen molar-refractivity contribution in [3.05, 3.63) is 59.5 Å². The molecule has 1 amide bonds. The highest BCUT2D eigenvalue weighted by atomic mass is 16.3. The Bertz CT molecular complexity index is 535. The van der Waals surface area contributed by atoms with E-state index in [1.807, 2.05) is 30.3 Å². The topological polar surface area (TPSA) is 59.5 Å². The van der Waals surface area contributed by atoms with Crippen LogP contribution in [0.2, 0.25) is 0 Å². The Labute approximate surface area is 112 Å². The van der Waals surface area contributed by atoms with Crippen molar-refractivity contribution in [1.82, 2.24) is 4.90 Å². The summed E-state index contributed by atoms with van der Waals surface area (Å²) in [6, 6.07) is 9.47.